The molecule has 2 aromatic rings. The Hall–Kier alpha value is -2.44. The van der Waals surface area contributed by atoms with Crippen molar-refractivity contribution in [2.75, 3.05) is 45.9 Å². The Morgan fingerprint density at radius 2 is 2.00 bits per heavy atom. The number of morpholine rings is 1. The van der Waals surface area contributed by atoms with E-state index in [2.05, 4.69) is 22.0 Å². The summed E-state index contributed by atoms with van der Waals surface area (Å²) in [5, 5.41) is 0. The molecule has 1 atom stereocenters. The molecule has 0 bridgehead atoms. The molecule has 29 heavy (non-hydrogen) atoms. The maximum atomic E-state index is 13.5. The second kappa shape index (κ2) is 9.85. The number of allylic oxidation sites excluding steroid dienone is 2. The standard InChI is InChI=1S/C23H29N3O3/c27-23(21-22(29-18-24-21)20-9-5-2-6-10-20)26(17-19-7-3-1-4-8-19)12-11-25-13-15-28-16-14-25/h1-3,5-6,9-10,18-19H,4,7-8,11-17H2/t19-/m0/s1. The van der Waals surface area contributed by atoms with Gasteiger partial charge in [0.05, 0.1) is 13.2 Å². The number of aromatic nitrogens is 1. The number of carbonyl (C=O) groups is 1. The Balaban J connectivity index is 1.50. The van der Waals surface area contributed by atoms with E-state index in [0.717, 1.165) is 64.2 Å². The molecule has 2 heterocycles. The van der Waals surface area contributed by atoms with Crippen LogP contribution in [0.4, 0.5) is 0 Å². The monoisotopic (exact) mass is 395 g/mol. The summed E-state index contributed by atoms with van der Waals surface area (Å²) in [6.45, 7) is 5.69. The van der Waals surface area contributed by atoms with E-state index >= 15 is 0 Å². The fraction of sp³-hybridized carbons (Fsp3) is 0.478. The minimum atomic E-state index is -0.0413. The van der Waals surface area contributed by atoms with Crippen LogP contribution in [0, 0.1) is 5.92 Å². The van der Waals surface area contributed by atoms with Gasteiger partial charge in [0, 0.05) is 38.3 Å². The molecule has 1 aromatic heterocycles. The third-order valence-electron chi connectivity index (χ3n) is 5.74. The van der Waals surface area contributed by atoms with E-state index in [1.165, 1.54) is 6.39 Å². The fourth-order valence-corrected chi connectivity index (χ4v) is 4.04. The Morgan fingerprint density at radius 1 is 1.17 bits per heavy atom. The average molecular weight is 396 g/mol. The molecule has 0 saturated carbocycles. The molecule has 1 fully saturated rings. The van der Waals surface area contributed by atoms with Gasteiger partial charge in [-0.25, -0.2) is 4.98 Å². The lowest BCUT2D eigenvalue weighted by Gasteiger charge is -2.32. The van der Waals surface area contributed by atoms with Crippen LogP contribution >= 0.6 is 0 Å². The molecule has 6 heteroatoms. The maximum absolute atomic E-state index is 13.5. The number of hydrogen-bond donors (Lipinski definition) is 0. The molecule has 1 aliphatic heterocycles. The normalized spacial score (nSPS) is 19.9. The first-order chi connectivity index (χ1) is 14.3. The van der Waals surface area contributed by atoms with Crippen molar-refractivity contribution in [1.82, 2.24) is 14.8 Å². The number of ether oxygens (including phenoxy) is 1. The van der Waals surface area contributed by atoms with Crippen LogP contribution in [0.5, 0.6) is 0 Å². The van der Waals surface area contributed by atoms with Gasteiger partial charge in [0.2, 0.25) is 0 Å². The number of rotatable bonds is 7. The number of amides is 1. The van der Waals surface area contributed by atoms with Crippen molar-refractivity contribution in [2.45, 2.75) is 19.3 Å². The minimum absolute atomic E-state index is 0.0413. The zero-order valence-electron chi connectivity index (χ0n) is 16.8. The highest BCUT2D eigenvalue weighted by molar-refractivity contribution is 5.97. The zero-order valence-corrected chi connectivity index (χ0v) is 16.8. The van der Waals surface area contributed by atoms with Crippen LogP contribution in [0.1, 0.15) is 29.8 Å². The average Bonchev–Trinajstić information content (AvgIpc) is 3.28. The van der Waals surface area contributed by atoms with Crippen molar-refractivity contribution in [1.29, 1.82) is 0 Å². The third kappa shape index (κ3) is 5.14. The molecule has 4 rings (SSSR count). The molecule has 1 saturated heterocycles. The van der Waals surface area contributed by atoms with Gasteiger partial charge in [0.1, 0.15) is 0 Å². The van der Waals surface area contributed by atoms with Crippen molar-refractivity contribution in [2.24, 2.45) is 5.92 Å². The van der Waals surface area contributed by atoms with Gasteiger partial charge in [-0.05, 0) is 25.2 Å². The van der Waals surface area contributed by atoms with Crippen molar-refractivity contribution >= 4 is 5.91 Å². The summed E-state index contributed by atoms with van der Waals surface area (Å²) in [5.74, 6) is 1.01. The molecular formula is C23H29N3O3. The van der Waals surface area contributed by atoms with Gasteiger partial charge in [-0.3, -0.25) is 9.69 Å². The first kappa shape index (κ1) is 19.9. The predicted molar refractivity (Wildman–Crippen MR) is 112 cm³/mol. The van der Waals surface area contributed by atoms with Crippen molar-refractivity contribution in [3.8, 4) is 11.3 Å². The number of oxazole rings is 1. The largest absolute Gasteiger partial charge is 0.443 e. The van der Waals surface area contributed by atoms with Crippen LogP contribution in [0.25, 0.3) is 11.3 Å². The van der Waals surface area contributed by atoms with Crippen molar-refractivity contribution in [3.63, 3.8) is 0 Å². The topological polar surface area (TPSA) is 58.8 Å². The molecule has 1 aromatic carbocycles. The summed E-state index contributed by atoms with van der Waals surface area (Å²) in [5.41, 5.74) is 1.28. The van der Waals surface area contributed by atoms with E-state index in [4.69, 9.17) is 9.15 Å². The number of benzene rings is 1. The van der Waals surface area contributed by atoms with Crippen LogP contribution in [0.2, 0.25) is 0 Å². The maximum Gasteiger partial charge on any atom is 0.276 e. The van der Waals surface area contributed by atoms with Crippen molar-refractivity contribution in [3.05, 3.63) is 54.6 Å². The lowest BCUT2D eigenvalue weighted by Crippen LogP contribution is -2.44. The highest BCUT2D eigenvalue weighted by Gasteiger charge is 2.26. The van der Waals surface area contributed by atoms with E-state index in [1.54, 1.807) is 0 Å². The van der Waals surface area contributed by atoms with Gasteiger partial charge in [-0.1, -0.05) is 42.5 Å². The summed E-state index contributed by atoms with van der Waals surface area (Å²) < 4.78 is 11.1. The van der Waals surface area contributed by atoms with Crippen LogP contribution in [0.3, 0.4) is 0 Å². The van der Waals surface area contributed by atoms with Crippen LogP contribution in [-0.2, 0) is 4.74 Å². The number of hydrogen-bond acceptors (Lipinski definition) is 5. The van der Waals surface area contributed by atoms with Gasteiger partial charge in [0.15, 0.2) is 17.8 Å². The lowest BCUT2D eigenvalue weighted by molar-refractivity contribution is 0.0314. The molecule has 1 amide bonds. The quantitative estimate of drug-likeness (QED) is 0.672. The Kier molecular flexibility index (Phi) is 6.75. The smallest absolute Gasteiger partial charge is 0.276 e. The van der Waals surface area contributed by atoms with Gasteiger partial charge >= 0.3 is 0 Å². The van der Waals surface area contributed by atoms with Crippen LogP contribution in [-0.4, -0.2) is 66.6 Å². The van der Waals surface area contributed by atoms with Gasteiger partial charge in [-0.15, -0.1) is 0 Å². The highest BCUT2D eigenvalue weighted by Crippen LogP contribution is 2.25. The Bertz CT molecular complexity index is 812. The van der Waals surface area contributed by atoms with E-state index in [1.807, 2.05) is 35.2 Å². The third-order valence-corrected chi connectivity index (χ3v) is 5.74. The Labute approximate surface area is 172 Å². The van der Waals surface area contributed by atoms with Crippen molar-refractivity contribution < 1.29 is 13.9 Å². The van der Waals surface area contributed by atoms with E-state index in [0.29, 0.717) is 23.9 Å². The SMILES string of the molecule is O=C(c1ncoc1-c1ccccc1)N(CCN1CCOCC1)C[C@H]1CC=CCC1. The summed E-state index contributed by atoms with van der Waals surface area (Å²) in [7, 11) is 0. The molecule has 1 aliphatic carbocycles. The molecule has 6 nitrogen and oxygen atoms in total. The summed E-state index contributed by atoms with van der Waals surface area (Å²) >= 11 is 0. The van der Waals surface area contributed by atoms with Gasteiger partial charge < -0.3 is 14.1 Å². The molecule has 0 spiro atoms. The second-order valence-corrected chi connectivity index (χ2v) is 7.75. The second-order valence-electron chi connectivity index (χ2n) is 7.75. The fourth-order valence-electron chi connectivity index (χ4n) is 4.04. The molecule has 0 radical (unpaired) electrons. The molecule has 0 N–H and O–H groups in total. The molecular weight excluding hydrogens is 366 g/mol. The van der Waals surface area contributed by atoms with Crippen LogP contribution in [0.15, 0.2) is 53.3 Å². The highest BCUT2D eigenvalue weighted by atomic mass is 16.5. The Morgan fingerprint density at radius 3 is 2.76 bits per heavy atom. The molecule has 154 valence electrons. The minimum Gasteiger partial charge on any atom is -0.443 e. The number of nitrogens with zero attached hydrogens (tertiary/aromatic N) is 3. The summed E-state index contributed by atoms with van der Waals surface area (Å²) in [6, 6.07) is 9.72. The zero-order chi connectivity index (χ0) is 19.9. The van der Waals surface area contributed by atoms with Gasteiger partial charge in [-0.2, -0.15) is 0 Å². The summed E-state index contributed by atoms with van der Waals surface area (Å²) in [6.07, 6.45) is 9.11. The lowest BCUT2D eigenvalue weighted by atomic mass is 9.93. The van der Waals surface area contributed by atoms with E-state index in [9.17, 15) is 4.79 Å². The predicted octanol–water partition coefficient (Wildman–Crippen LogP) is 3.47. The van der Waals surface area contributed by atoms with Gasteiger partial charge in [0.25, 0.3) is 5.91 Å². The van der Waals surface area contributed by atoms with E-state index < -0.39 is 0 Å². The number of carbonyl (C=O) groups excluding carboxylic acids is 1. The first-order valence-electron chi connectivity index (χ1n) is 10.5. The molecule has 0 unspecified atom stereocenters. The van der Waals surface area contributed by atoms with Crippen LogP contribution < -0.4 is 0 Å². The molecule has 2 aliphatic rings. The summed E-state index contributed by atoms with van der Waals surface area (Å²) in [4.78, 5) is 22.1. The first-order valence-corrected chi connectivity index (χ1v) is 10.5. The van der Waals surface area contributed by atoms with E-state index in [-0.39, 0.29) is 5.91 Å².